The maximum absolute atomic E-state index is 12.8. The molecule has 7 heteroatoms. The fourth-order valence-electron chi connectivity index (χ4n) is 3.21. The number of pyridine rings is 1. The Morgan fingerprint density at radius 3 is 3.00 bits per heavy atom. The van der Waals surface area contributed by atoms with Crippen molar-refractivity contribution in [3.8, 4) is 11.3 Å². The van der Waals surface area contributed by atoms with Crippen molar-refractivity contribution >= 4 is 5.91 Å². The topological polar surface area (TPSA) is 87.7 Å². The molecule has 0 unspecified atom stereocenters. The summed E-state index contributed by atoms with van der Waals surface area (Å²) in [6.07, 6.45) is 8.75. The Labute approximate surface area is 145 Å². The van der Waals surface area contributed by atoms with Gasteiger partial charge in [-0.05, 0) is 37.1 Å². The van der Waals surface area contributed by atoms with Crippen LogP contribution in [0.1, 0.15) is 34.9 Å². The molecule has 7 nitrogen and oxygen atoms in total. The predicted molar refractivity (Wildman–Crippen MR) is 91.7 cm³/mol. The first kappa shape index (κ1) is 15.4. The van der Waals surface area contributed by atoms with Crippen LogP contribution >= 0.6 is 0 Å². The van der Waals surface area contributed by atoms with Crippen LogP contribution in [-0.2, 0) is 0 Å². The normalized spacial score (nSPS) is 17.4. The SMILES string of the molecule is O=C(c1cc(-c2cccnc2)n[nH]1)N1CCC[C@@H](c2ccncn2)C1. The number of hydrogen-bond donors (Lipinski definition) is 1. The second kappa shape index (κ2) is 6.80. The van der Waals surface area contributed by atoms with Gasteiger partial charge < -0.3 is 4.90 Å². The van der Waals surface area contributed by atoms with Gasteiger partial charge in [0.15, 0.2) is 0 Å². The predicted octanol–water partition coefficient (Wildman–Crippen LogP) is 2.28. The number of amides is 1. The van der Waals surface area contributed by atoms with Gasteiger partial charge in [-0.2, -0.15) is 5.10 Å². The fraction of sp³-hybridized carbons (Fsp3) is 0.278. The minimum atomic E-state index is -0.0265. The summed E-state index contributed by atoms with van der Waals surface area (Å²) in [6, 6.07) is 7.48. The molecule has 0 saturated carbocycles. The molecular formula is C18H18N6O. The van der Waals surface area contributed by atoms with Crippen LogP contribution in [0.3, 0.4) is 0 Å². The number of nitrogens with zero attached hydrogens (tertiary/aromatic N) is 5. The lowest BCUT2D eigenvalue weighted by atomic mass is 9.94. The second-order valence-electron chi connectivity index (χ2n) is 6.13. The van der Waals surface area contributed by atoms with E-state index in [-0.39, 0.29) is 11.8 Å². The van der Waals surface area contributed by atoms with Gasteiger partial charge in [0.05, 0.1) is 5.69 Å². The third-order valence-electron chi connectivity index (χ3n) is 4.50. The zero-order valence-corrected chi connectivity index (χ0v) is 13.7. The molecule has 0 radical (unpaired) electrons. The molecule has 3 aromatic rings. The first-order valence-corrected chi connectivity index (χ1v) is 8.32. The van der Waals surface area contributed by atoms with E-state index < -0.39 is 0 Å². The maximum atomic E-state index is 12.8. The summed E-state index contributed by atoms with van der Waals surface area (Å²) in [7, 11) is 0. The molecule has 0 aromatic carbocycles. The summed E-state index contributed by atoms with van der Waals surface area (Å²) in [4.78, 5) is 27.1. The molecule has 1 atom stereocenters. The molecule has 1 amide bonds. The summed E-state index contributed by atoms with van der Waals surface area (Å²) < 4.78 is 0. The smallest absolute Gasteiger partial charge is 0.271 e. The van der Waals surface area contributed by atoms with Crippen molar-refractivity contribution in [3.05, 3.63) is 60.6 Å². The van der Waals surface area contributed by atoms with Gasteiger partial charge in [0.25, 0.3) is 5.91 Å². The third-order valence-corrected chi connectivity index (χ3v) is 4.50. The summed E-state index contributed by atoms with van der Waals surface area (Å²) >= 11 is 0. The highest BCUT2D eigenvalue weighted by Crippen LogP contribution is 2.26. The first-order chi connectivity index (χ1) is 12.3. The number of H-pyrrole nitrogens is 1. The average Bonchev–Trinajstić information content (AvgIpc) is 3.19. The van der Waals surface area contributed by atoms with Crippen molar-refractivity contribution in [2.75, 3.05) is 13.1 Å². The summed E-state index contributed by atoms with van der Waals surface area (Å²) in [5, 5.41) is 7.11. The maximum Gasteiger partial charge on any atom is 0.271 e. The molecule has 0 bridgehead atoms. The van der Waals surface area contributed by atoms with E-state index >= 15 is 0 Å². The Kier molecular flexibility index (Phi) is 4.20. The molecule has 3 aromatic heterocycles. The third kappa shape index (κ3) is 3.26. The molecule has 1 N–H and O–H groups in total. The summed E-state index contributed by atoms with van der Waals surface area (Å²) in [5.74, 6) is 0.225. The van der Waals surface area contributed by atoms with Crippen LogP contribution in [0.25, 0.3) is 11.3 Å². The van der Waals surface area contributed by atoms with Crippen molar-refractivity contribution < 1.29 is 4.79 Å². The number of aromatic amines is 1. The summed E-state index contributed by atoms with van der Waals surface area (Å²) in [5.41, 5.74) is 3.10. The van der Waals surface area contributed by atoms with Crippen molar-refractivity contribution in [2.24, 2.45) is 0 Å². The van der Waals surface area contributed by atoms with Gasteiger partial charge in [-0.15, -0.1) is 0 Å². The largest absolute Gasteiger partial charge is 0.337 e. The van der Waals surface area contributed by atoms with Crippen LogP contribution in [-0.4, -0.2) is 49.0 Å². The van der Waals surface area contributed by atoms with Crippen LogP contribution in [0.4, 0.5) is 0 Å². The Morgan fingerprint density at radius 1 is 1.24 bits per heavy atom. The van der Waals surface area contributed by atoms with Crippen LogP contribution in [0.2, 0.25) is 0 Å². The molecule has 126 valence electrons. The lowest BCUT2D eigenvalue weighted by molar-refractivity contribution is 0.0700. The van der Waals surface area contributed by atoms with Gasteiger partial charge in [0.1, 0.15) is 12.0 Å². The number of nitrogens with one attached hydrogen (secondary N) is 1. The lowest BCUT2D eigenvalue weighted by Gasteiger charge is -2.32. The number of aromatic nitrogens is 5. The number of carbonyl (C=O) groups is 1. The molecular weight excluding hydrogens is 316 g/mol. The molecule has 1 saturated heterocycles. The van der Waals surface area contributed by atoms with Crippen LogP contribution in [0.15, 0.2) is 49.2 Å². The minimum absolute atomic E-state index is 0.0265. The highest BCUT2D eigenvalue weighted by Gasteiger charge is 2.27. The van der Waals surface area contributed by atoms with E-state index in [0.29, 0.717) is 12.2 Å². The van der Waals surface area contributed by atoms with Crippen molar-refractivity contribution in [1.82, 2.24) is 30.0 Å². The van der Waals surface area contributed by atoms with E-state index in [0.717, 1.165) is 36.3 Å². The fourth-order valence-corrected chi connectivity index (χ4v) is 3.21. The van der Waals surface area contributed by atoms with Gasteiger partial charge >= 0.3 is 0 Å². The van der Waals surface area contributed by atoms with Gasteiger partial charge in [0, 0.05) is 48.9 Å². The Morgan fingerprint density at radius 2 is 2.20 bits per heavy atom. The number of likely N-dealkylation sites (tertiary alicyclic amines) is 1. The lowest BCUT2D eigenvalue weighted by Crippen LogP contribution is -2.39. The highest BCUT2D eigenvalue weighted by atomic mass is 16.2. The van der Waals surface area contributed by atoms with E-state index in [1.807, 2.05) is 23.1 Å². The average molecular weight is 334 g/mol. The van der Waals surface area contributed by atoms with Gasteiger partial charge in [0.2, 0.25) is 0 Å². The Hall–Kier alpha value is -3.09. The number of carbonyl (C=O) groups excluding carboxylic acids is 1. The first-order valence-electron chi connectivity index (χ1n) is 8.32. The standard InChI is InChI=1S/C18H18N6O/c25-18(17-9-16(22-23-17)13-3-1-6-19-10-13)24-8-2-4-14(11-24)15-5-7-20-12-21-15/h1,3,5-7,9-10,12,14H,2,4,8,11H2,(H,22,23)/t14-/m1/s1. The second-order valence-corrected chi connectivity index (χ2v) is 6.13. The molecule has 0 spiro atoms. The van der Waals surface area contributed by atoms with Gasteiger partial charge in [-0.1, -0.05) is 0 Å². The van der Waals surface area contributed by atoms with Crippen molar-refractivity contribution in [2.45, 2.75) is 18.8 Å². The van der Waals surface area contributed by atoms with Gasteiger partial charge in [-0.25, -0.2) is 9.97 Å². The van der Waals surface area contributed by atoms with Crippen molar-refractivity contribution in [1.29, 1.82) is 0 Å². The van der Waals surface area contributed by atoms with Crippen molar-refractivity contribution in [3.63, 3.8) is 0 Å². The van der Waals surface area contributed by atoms with Crippen LogP contribution in [0.5, 0.6) is 0 Å². The quantitative estimate of drug-likeness (QED) is 0.794. The molecule has 1 fully saturated rings. The zero-order chi connectivity index (χ0) is 17.1. The molecule has 1 aliphatic heterocycles. The van der Waals surface area contributed by atoms with Crippen LogP contribution in [0, 0.1) is 0 Å². The molecule has 0 aliphatic carbocycles. The van der Waals surface area contributed by atoms with Crippen LogP contribution < -0.4 is 0 Å². The monoisotopic (exact) mass is 334 g/mol. The zero-order valence-electron chi connectivity index (χ0n) is 13.7. The summed E-state index contributed by atoms with van der Waals surface area (Å²) in [6.45, 7) is 1.42. The van der Waals surface area contributed by atoms with E-state index in [2.05, 4.69) is 25.1 Å². The number of piperidine rings is 1. The van der Waals surface area contributed by atoms with Gasteiger partial charge in [-0.3, -0.25) is 14.9 Å². The van der Waals surface area contributed by atoms with E-state index in [1.54, 1.807) is 31.0 Å². The van der Waals surface area contributed by atoms with E-state index in [1.165, 1.54) is 0 Å². The molecule has 1 aliphatic rings. The Bertz CT molecular complexity index is 848. The van der Waals surface area contributed by atoms with E-state index in [4.69, 9.17) is 0 Å². The molecule has 4 heterocycles. The molecule has 4 rings (SSSR count). The highest BCUT2D eigenvalue weighted by molar-refractivity contribution is 5.93. The number of rotatable bonds is 3. The number of hydrogen-bond acceptors (Lipinski definition) is 5. The Balaban J connectivity index is 1.50. The van der Waals surface area contributed by atoms with E-state index in [9.17, 15) is 4.79 Å². The molecule has 25 heavy (non-hydrogen) atoms. The minimum Gasteiger partial charge on any atom is -0.337 e.